The number of likely N-dealkylation sites (tertiary alicyclic amines) is 1. The van der Waals surface area contributed by atoms with Gasteiger partial charge in [-0.1, -0.05) is 60.1 Å². The molecule has 9 heteroatoms. The zero-order valence-electron chi connectivity index (χ0n) is 21.6. The molecule has 1 N–H and O–H groups in total. The number of hydrogen-bond acceptors (Lipinski definition) is 7. The van der Waals surface area contributed by atoms with Crippen molar-refractivity contribution in [2.45, 2.75) is 44.4 Å². The molecule has 0 unspecified atom stereocenters. The average Bonchev–Trinajstić information content (AvgIpc) is 3.47. The second-order valence-corrected chi connectivity index (χ2v) is 10.4. The maximum atomic E-state index is 13.6. The molecule has 39 heavy (non-hydrogen) atoms. The van der Waals surface area contributed by atoms with Crippen molar-refractivity contribution in [1.29, 1.82) is 0 Å². The van der Waals surface area contributed by atoms with E-state index in [0.29, 0.717) is 31.6 Å². The first-order valence-corrected chi connectivity index (χ1v) is 13.4. The number of aryl methyl sites for hydroxylation is 1. The summed E-state index contributed by atoms with van der Waals surface area (Å²) in [7, 11) is 0. The van der Waals surface area contributed by atoms with Gasteiger partial charge in [-0.05, 0) is 42.0 Å². The number of unbranched alkanes of at least 4 members (excludes halogenated alkanes) is 2. The number of aromatic nitrogens is 1. The van der Waals surface area contributed by atoms with E-state index in [1.54, 1.807) is 13.0 Å². The number of imide groups is 1. The summed E-state index contributed by atoms with van der Waals surface area (Å²) >= 11 is 0. The van der Waals surface area contributed by atoms with Gasteiger partial charge in [-0.2, -0.15) is 0 Å². The first kappa shape index (κ1) is 25.0. The summed E-state index contributed by atoms with van der Waals surface area (Å²) in [6, 6.07) is 18.0. The van der Waals surface area contributed by atoms with Gasteiger partial charge < -0.3 is 14.6 Å². The lowest BCUT2D eigenvalue weighted by atomic mass is 9.55. The molecule has 1 aliphatic heterocycles. The molecule has 3 aromatic rings. The Hall–Kier alpha value is -4.27. The van der Waals surface area contributed by atoms with Crippen molar-refractivity contribution < 1.29 is 28.4 Å². The number of rotatable bonds is 9. The zero-order valence-corrected chi connectivity index (χ0v) is 21.6. The lowest BCUT2D eigenvalue weighted by Crippen LogP contribution is -2.41. The van der Waals surface area contributed by atoms with Crippen LogP contribution in [-0.2, 0) is 23.9 Å². The molecule has 2 bridgehead atoms. The highest BCUT2D eigenvalue weighted by atomic mass is 16.5. The lowest BCUT2D eigenvalue weighted by Gasteiger charge is -2.45. The van der Waals surface area contributed by atoms with Crippen LogP contribution in [0.15, 0.2) is 59.1 Å². The highest BCUT2D eigenvalue weighted by molar-refractivity contribution is 6.07. The Morgan fingerprint density at radius 2 is 1.46 bits per heavy atom. The summed E-state index contributed by atoms with van der Waals surface area (Å²) in [6.45, 7) is 1.63. The Morgan fingerprint density at radius 1 is 0.897 bits per heavy atom. The van der Waals surface area contributed by atoms with Crippen molar-refractivity contribution in [1.82, 2.24) is 10.1 Å². The first-order chi connectivity index (χ1) is 18.9. The quantitative estimate of drug-likeness (QED) is 0.255. The van der Waals surface area contributed by atoms with Gasteiger partial charge in [0.05, 0.1) is 11.8 Å². The van der Waals surface area contributed by atoms with Gasteiger partial charge in [-0.15, -0.1) is 0 Å². The number of nitrogens with one attached hydrogen (secondary N) is 1. The highest BCUT2D eigenvalue weighted by Crippen LogP contribution is 2.60. The smallest absolute Gasteiger partial charge is 0.306 e. The van der Waals surface area contributed by atoms with Crippen LogP contribution in [0.5, 0.6) is 0 Å². The average molecular weight is 528 g/mol. The third-order valence-electron chi connectivity index (χ3n) is 8.06. The van der Waals surface area contributed by atoms with Gasteiger partial charge in [-0.25, -0.2) is 0 Å². The van der Waals surface area contributed by atoms with Gasteiger partial charge in [-0.3, -0.25) is 24.1 Å². The van der Waals surface area contributed by atoms with Gasteiger partial charge in [0.15, 0.2) is 12.4 Å². The van der Waals surface area contributed by atoms with Crippen LogP contribution in [0.2, 0.25) is 0 Å². The molecule has 9 nitrogen and oxygen atoms in total. The van der Waals surface area contributed by atoms with Crippen molar-refractivity contribution in [3.05, 3.63) is 82.6 Å². The van der Waals surface area contributed by atoms with Gasteiger partial charge in [0.25, 0.3) is 5.91 Å². The fraction of sp³-hybridized carbons (Fsp3) is 0.367. The molecule has 0 saturated carbocycles. The van der Waals surface area contributed by atoms with Crippen molar-refractivity contribution in [3.8, 4) is 0 Å². The molecular formula is C30H29N3O6. The molecule has 3 aliphatic carbocycles. The fourth-order valence-corrected chi connectivity index (χ4v) is 6.50. The molecule has 1 aromatic heterocycles. The van der Waals surface area contributed by atoms with E-state index in [2.05, 4.69) is 34.7 Å². The second kappa shape index (κ2) is 10.1. The molecular weight excluding hydrogens is 498 g/mol. The summed E-state index contributed by atoms with van der Waals surface area (Å²) in [4.78, 5) is 52.5. The summed E-state index contributed by atoms with van der Waals surface area (Å²) < 4.78 is 9.89. The molecule has 0 spiro atoms. The van der Waals surface area contributed by atoms with E-state index in [1.807, 2.05) is 24.3 Å². The minimum Gasteiger partial charge on any atom is -0.456 e. The number of esters is 1. The largest absolute Gasteiger partial charge is 0.456 e. The third-order valence-corrected chi connectivity index (χ3v) is 8.06. The molecule has 2 atom stereocenters. The van der Waals surface area contributed by atoms with E-state index in [9.17, 15) is 19.2 Å². The normalized spacial score (nSPS) is 22.3. The van der Waals surface area contributed by atoms with Crippen LogP contribution < -0.4 is 5.32 Å². The maximum absolute atomic E-state index is 13.6. The molecule has 4 aliphatic rings. The number of carbonyl (C=O) groups excluding carboxylic acids is 4. The van der Waals surface area contributed by atoms with E-state index in [-0.39, 0.29) is 47.7 Å². The predicted octanol–water partition coefficient (Wildman–Crippen LogP) is 3.92. The summed E-state index contributed by atoms with van der Waals surface area (Å²) in [5, 5.41) is 6.14. The standard InChI is InChI=1S/C30H29N3O6/c1-17-15-22(32-39-17)31-23(34)16-38-24(35)13-3-2-8-14-33-29(36)27-25-18-9-4-5-10-19(18)26(28(27)30(33)37)21-12-7-6-11-20(21)25/h4-7,9-12,15,25-28H,2-3,8,13-14,16H2,1H3,(H,31,32,34)/t25?,26?,27-,28-/m0/s1. The van der Waals surface area contributed by atoms with E-state index in [1.165, 1.54) is 4.90 Å². The monoisotopic (exact) mass is 527 g/mol. The van der Waals surface area contributed by atoms with Crippen LogP contribution in [0.3, 0.4) is 0 Å². The zero-order chi connectivity index (χ0) is 27.1. The summed E-state index contributed by atoms with van der Waals surface area (Å²) in [6.07, 6.45) is 1.94. The minimum atomic E-state index is -0.498. The van der Waals surface area contributed by atoms with E-state index in [4.69, 9.17) is 9.26 Å². The van der Waals surface area contributed by atoms with Crippen LogP contribution in [0.4, 0.5) is 5.82 Å². The van der Waals surface area contributed by atoms with Crippen molar-refractivity contribution in [2.75, 3.05) is 18.5 Å². The van der Waals surface area contributed by atoms with Gasteiger partial charge in [0.1, 0.15) is 5.76 Å². The second-order valence-electron chi connectivity index (χ2n) is 10.4. The van der Waals surface area contributed by atoms with Crippen molar-refractivity contribution in [2.24, 2.45) is 11.8 Å². The summed E-state index contributed by atoms with van der Waals surface area (Å²) in [5.74, 6) is -1.27. The number of benzene rings is 2. The van der Waals surface area contributed by atoms with Crippen LogP contribution >= 0.6 is 0 Å². The Bertz CT molecular complexity index is 1350. The minimum absolute atomic E-state index is 0.0864. The fourth-order valence-electron chi connectivity index (χ4n) is 6.50. The van der Waals surface area contributed by atoms with Gasteiger partial charge >= 0.3 is 5.97 Å². The predicted molar refractivity (Wildman–Crippen MR) is 140 cm³/mol. The van der Waals surface area contributed by atoms with Gasteiger partial charge in [0, 0.05) is 30.9 Å². The summed E-state index contributed by atoms with van der Waals surface area (Å²) in [5.41, 5.74) is 4.64. The Kier molecular flexibility index (Phi) is 6.50. The van der Waals surface area contributed by atoms with Crippen LogP contribution in [-0.4, -0.2) is 46.9 Å². The molecule has 7 rings (SSSR count). The Balaban J connectivity index is 1.01. The number of carbonyl (C=O) groups is 4. The van der Waals surface area contributed by atoms with Crippen molar-refractivity contribution >= 4 is 29.5 Å². The molecule has 0 radical (unpaired) electrons. The van der Waals surface area contributed by atoms with Crippen LogP contribution in [0, 0.1) is 18.8 Å². The van der Waals surface area contributed by atoms with E-state index in [0.717, 1.165) is 22.3 Å². The molecule has 1 saturated heterocycles. The Morgan fingerprint density at radius 3 is 1.97 bits per heavy atom. The van der Waals surface area contributed by atoms with E-state index >= 15 is 0 Å². The molecule has 2 heterocycles. The number of hydrogen-bond donors (Lipinski definition) is 1. The lowest BCUT2D eigenvalue weighted by molar-refractivity contribution is -0.147. The number of amides is 3. The third kappa shape index (κ3) is 4.41. The molecule has 1 fully saturated rings. The molecule has 200 valence electrons. The van der Waals surface area contributed by atoms with Crippen LogP contribution in [0.25, 0.3) is 0 Å². The number of nitrogens with zero attached hydrogens (tertiary/aromatic N) is 2. The van der Waals surface area contributed by atoms with E-state index < -0.39 is 18.5 Å². The van der Waals surface area contributed by atoms with Crippen molar-refractivity contribution in [3.63, 3.8) is 0 Å². The van der Waals surface area contributed by atoms with Gasteiger partial charge in [0.2, 0.25) is 11.8 Å². The Labute approximate surface area is 225 Å². The number of anilines is 1. The maximum Gasteiger partial charge on any atom is 0.306 e. The first-order valence-electron chi connectivity index (χ1n) is 13.4. The topological polar surface area (TPSA) is 119 Å². The number of ether oxygens (including phenoxy) is 1. The van der Waals surface area contributed by atoms with Crippen LogP contribution in [0.1, 0.15) is 65.5 Å². The molecule has 2 aromatic carbocycles. The molecule has 3 amide bonds. The highest BCUT2D eigenvalue weighted by Gasteiger charge is 2.61. The SMILES string of the molecule is Cc1cc(NC(=O)COC(=O)CCCCCN2C(=O)[C@H]3C4c5ccccc5C(c5ccccc54)[C@@H]3C2=O)no1.